The molecule has 1 heterocycles. The summed E-state index contributed by atoms with van der Waals surface area (Å²) in [5, 5.41) is 11.6. The normalized spacial score (nSPS) is 11.8. The molecule has 0 unspecified atom stereocenters. The number of hydrogen-bond donors (Lipinski definition) is 2. The molecule has 0 aliphatic rings. The van der Waals surface area contributed by atoms with Gasteiger partial charge in [0.05, 0.1) is 23.3 Å². The second-order valence-corrected chi connectivity index (χ2v) is 3.90. The predicted octanol–water partition coefficient (Wildman–Crippen LogP) is 1.72. The molecule has 0 amide bonds. The van der Waals surface area contributed by atoms with E-state index in [1.165, 1.54) is 6.07 Å². The minimum atomic E-state index is -0.548. The number of nitrogens with two attached hydrogens (primary N) is 1. The van der Waals surface area contributed by atoms with Gasteiger partial charge in [-0.2, -0.15) is 0 Å². The Kier molecular flexibility index (Phi) is 3.01. The van der Waals surface area contributed by atoms with Gasteiger partial charge in [0.25, 0.3) is 0 Å². The molecule has 0 radical (unpaired) electrons. The molecule has 3 N–H and O–H groups in total. The summed E-state index contributed by atoms with van der Waals surface area (Å²) < 4.78 is 15.5. The summed E-state index contributed by atoms with van der Waals surface area (Å²) in [5.74, 6) is -0.817. The third-order valence-corrected chi connectivity index (χ3v) is 2.87. The van der Waals surface area contributed by atoms with Crippen molar-refractivity contribution in [2.24, 2.45) is 10.9 Å². The number of nitrogens with zero attached hydrogens (tertiary/aromatic N) is 3. The number of halogens is 1. The van der Waals surface area contributed by atoms with E-state index in [4.69, 9.17) is 10.9 Å². The Hall–Kier alpha value is -2.37. The van der Waals surface area contributed by atoms with Gasteiger partial charge in [0.15, 0.2) is 5.84 Å². The van der Waals surface area contributed by atoms with Gasteiger partial charge in [0.1, 0.15) is 5.82 Å². The van der Waals surface area contributed by atoms with E-state index < -0.39 is 5.82 Å². The summed E-state index contributed by atoms with van der Waals surface area (Å²) in [6.45, 7) is 3.72. The molecule has 0 bridgehead atoms. The van der Waals surface area contributed by atoms with Crippen molar-refractivity contribution in [1.29, 1.82) is 0 Å². The monoisotopic (exact) mass is 248 g/mol. The van der Waals surface area contributed by atoms with Crippen LogP contribution in [0.25, 0.3) is 5.69 Å². The van der Waals surface area contributed by atoms with Crippen LogP contribution in [0.5, 0.6) is 0 Å². The molecule has 5 nitrogen and oxygen atoms in total. The van der Waals surface area contributed by atoms with Crippen molar-refractivity contribution in [3.63, 3.8) is 0 Å². The first-order valence-corrected chi connectivity index (χ1v) is 5.33. The van der Waals surface area contributed by atoms with E-state index in [9.17, 15) is 4.39 Å². The number of oxime groups is 1. The molecule has 0 atom stereocenters. The van der Waals surface area contributed by atoms with Crippen LogP contribution in [0.2, 0.25) is 0 Å². The lowest BCUT2D eigenvalue weighted by atomic mass is 10.1. The lowest BCUT2D eigenvalue weighted by molar-refractivity contribution is 0.318. The minimum absolute atomic E-state index is 0.0560. The van der Waals surface area contributed by atoms with Crippen molar-refractivity contribution in [2.75, 3.05) is 0 Å². The van der Waals surface area contributed by atoms with Gasteiger partial charge in [-0.05, 0) is 26.0 Å². The van der Waals surface area contributed by atoms with Crippen LogP contribution in [0.15, 0.2) is 29.7 Å². The van der Waals surface area contributed by atoms with Crippen LogP contribution in [0.1, 0.15) is 17.0 Å². The average molecular weight is 248 g/mol. The van der Waals surface area contributed by atoms with Gasteiger partial charge in [0.2, 0.25) is 0 Å². The average Bonchev–Trinajstić information content (AvgIpc) is 2.69. The number of imidazole rings is 1. The summed E-state index contributed by atoms with van der Waals surface area (Å²) in [6.07, 6.45) is 1.58. The number of rotatable bonds is 2. The van der Waals surface area contributed by atoms with E-state index in [0.717, 1.165) is 11.4 Å². The molecule has 18 heavy (non-hydrogen) atoms. The second kappa shape index (κ2) is 4.48. The lowest BCUT2D eigenvalue weighted by Gasteiger charge is -2.11. The van der Waals surface area contributed by atoms with Gasteiger partial charge >= 0.3 is 0 Å². The number of amidine groups is 1. The van der Waals surface area contributed by atoms with Crippen molar-refractivity contribution in [2.45, 2.75) is 13.8 Å². The molecule has 0 aliphatic heterocycles. The summed E-state index contributed by atoms with van der Waals surface area (Å²) >= 11 is 0. The Labute approximate surface area is 103 Å². The van der Waals surface area contributed by atoms with Crippen LogP contribution >= 0.6 is 0 Å². The molecule has 1 aromatic carbocycles. The highest BCUT2D eigenvalue weighted by atomic mass is 19.1. The fraction of sp³-hybridized carbons (Fsp3) is 0.167. The molecular weight excluding hydrogens is 235 g/mol. The molecule has 0 saturated heterocycles. The van der Waals surface area contributed by atoms with Crippen LogP contribution in [-0.2, 0) is 0 Å². The Morgan fingerprint density at radius 3 is 2.72 bits per heavy atom. The highest BCUT2D eigenvalue weighted by molar-refractivity contribution is 6.00. The largest absolute Gasteiger partial charge is 0.409 e. The van der Waals surface area contributed by atoms with Crippen LogP contribution in [-0.4, -0.2) is 20.6 Å². The molecule has 0 fully saturated rings. The zero-order valence-corrected chi connectivity index (χ0v) is 10.1. The molecule has 0 spiro atoms. The molecule has 6 heteroatoms. The van der Waals surface area contributed by atoms with Gasteiger partial charge < -0.3 is 15.5 Å². The smallest absolute Gasteiger partial charge is 0.175 e. The highest BCUT2D eigenvalue weighted by Gasteiger charge is 2.16. The van der Waals surface area contributed by atoms with Crippen LogP contribution in [0.3, 0.4) is 0 Å². The topological polar surface area (TPSA) is 76.4 Å². The van der Waals surface area contributed by atoms with E-state index in [2.05, 4.69) is 10.1 Å². The number of benzene rings is 1. The van der Waals surface area contributed by atoms with E-state index in [1.807, 2.05) is 13.8 Å². The summed E-state index contributed by atoms with van der Waals surface area (Å²) in [4.78, 5) is 4.15. The van der Waals surface area contributed by atoms with E-state index in [-0.39, 0.29) is 11.4 Å². The third kappa shape index (κ3) is 1.81. The third-order valence-electron chi connectivity index (χ3n) is 2.87. The molecule has 0 aliphatic carbocycles. The maximum Gasteiger partial charge on any atom is 0.175 e. The summed E-state index contributed by atoms with van der Waals surface area (Å²) in [6, 6.07) is 4.51. The SMILES string of the molecule is Cc1ncn(-c2cccc(F)c2C(N)=NO)c1C. The standard InChI is InChI=1S/C12H13FN4O/c1-7-8(2)17(6-15-7)10-5-3-4-9(13)11(10)12(14)16-18/h3-6,18H,1-2H3,(H2,14,16). The molecule has 2 rings (SSSR count). The Balaban J connectivity index is 2.72. The van der Waals surface area contributed by atoms with Crippen LogP contribution in [0, 0.1) is 19.7 Å². The first-order chi connectivity index (χ1) is 8.56. The van der Waals surface area contributed by atoms with Crippen molar-refractivity contribution in [1.82, 2.24) is 9.55 Å². The second-order valence-electron chi connectivity index (χ2n) is 3.90. The maximum absolute atomic E-state index is 13.8. The number of hydrogen-bond acceptors (Lipinski definition) is 3. The van der Waals surface area contributed by atoms with Gasteiger partial charge in [-0.1, -0.05) is 11.2 Å². The quantitative estimate of drug-likeness (QED) is 0.368. The van der Waals surface area contributed by atoms with E-state index in [0.29, 0.717) is 5.69 Å². The molecular formula is C12H13FN4O. The van der Waals surface area contributed by atoms with Crippen LogP contribution < -0.4 is 5.73 Å². The zero-order chi connectivity index (χ0) is 13.3. The number of aromatic nitrogens is 2. The van der Waals surface area contributed by atoms with Gasteiger partial charge in [-0.3, -0.25) is 0 Å². The molecule has 94 valence electrons. The van der Waals surface area contributed by atoms with Crippen molar-refractivity contribution in [3.05, 3.63) is 47.3 Å². The van der Waals surface area contributed by atoms with Crippen LogP contribution in [0.4, 0.5) is 4.39 Å². The first-order valence-electron chi connectivity index (χ1n) is 5.33. The fourth-order valence-corrected chi connectivity index (χ4v) is 1.76. The Bertz CT molecular complexity index is 619. The first kappa shape index (κ1) is 12.1. The summed E-state index contributed by atoms with van der Waals surface area (Å²) in [7, 11) is 0. The maximum atomic E-state index is 13.8. The Morgan fingerprint density at radius 2 is 2.17 bits per heavy atom. The van der Waals surface area contributed by atoms with Gasteiger partial charge in [-0.25, -0.2) is 9.37 Å². The predicted molar refractivity (Wildman–Crippen MR) is 65.5 cm³/mol. The Morgan fingerprint density at radius 1 is 1.44 bits per heavy atom. The lowest BCUT2D eigenvalue weighted by Crippen LogP contribution is -2.18. The zero-order valence-electron chi connectivity index (χ0n) is 10.1. The van der Waals surface area contributed by atoms with E-state index in [1.54, 1.807) is 23.0 Å². The van der Waals surface area contributed by atoms with Crippen molar-refractivity contribution in [3.8, 4) is 5.69 Å². The van der Waals surface area contributed by atoms with Crippen molar-refractivity contribution < 1.29 is 9.60 Å². The molecule has 2 aromatic rings. The summed E-state index contributed by atoms with van der Waals surface area (Å²) in [5.41, 5.74) is 7.77. The van der Waals surface area contributed by atoms with Crippen molar-refractivity contribution >= 4 is 5.84 Å². The fourth-order valence-electron chi connectivity index (χ4n) is 1.76. The minimum Gasteiger partial charge on any atom is -0.409 e. The molecule has 0 saturated carbocycles. The van der Waals surface area contributed by atoms with Gasteiger partial charge in [-0.15, -0.1) is 0 Å². The molecule has 1 aromatic heterocycles. The highest BCUT2D eigenvalue weighted by Crippen LogP contribution is 2.20. The van der Waals surface area contributed by atoms with Gasteiger partial charge in [0, 0.05) is 5.69 Å². The number of aryl methyl sites for hydroxylation is 1. The van der Waals surface area contributed by atoms with E-state index >= 15 is 0 Å².